The Labute approximate surface area is 75.8 Å². The maximum Gasteiger partial charge on any atom is 0.123 e. The molecular formula is C9H8ClNO. The van der Waals surface area contributed by atoms with E-state index >= 15 is 0 Å². The second kappa shape index (κ2) is 5.38. The minimum atomic E-state index is 0.794. The molecule has 0 fully saturated rings. The molecule has 62 valence electrons. The minimum Gasteiger partial charge on any atom is -0.365 e. The smallest absolute Gasteiger partial charge is 0.123 e. The summed E-state index contributed by atoms with van der Waals surface area (Å²) in [5.74, 6) is 0. The van der Waals surface area contributed by atoms with Gasteiger partial charge in [-0.05, 0) is 18.2 Å². The standard InChI is InChI=1S/C6H5Cl.C3H3NO/c7-6-4-2-1-3-5-6;1-2-4-5-3-1/h1-5H;1-3H. The summed E-state index contributed by atoms with van der Waals surface area (Å²) in [4.78, 5) is 0. The zero-order valence-electron chi connectivity index (χ0n) is 6.35. The third-order valence-corrected chi connectivity index (χ3v) is 1.33. The lowest BCUT2D eigenvalue weighted by molar-refractivity contribution is 0.420. The lowest BCUT2D eigenvalue weighted by Gasteiger charge is -1.80. The second-order valence-corrected chi connectivity index (χ2v) is 2.42. The number of halogens is 1. The van der Waals surface area contributed by atoms with Gasteiger partial charge in [0, 0.05) is 5.02 Å². The first-order chi connectivity index (χ1) is 5.89. The van der Waals surface area contributed by atoms with Crippen molar-refractivity contribution in [2.24, 2.45) is 0 Å². The molecule has 0 bridgehead atoms. The van der Waals surface area contributed by atoms with Crippen molar-refractivity contribution in [2.45, 2.75) is 0 Å². The predicted octanol–water partition coefficient (Wildman–Crippen LogP) is 3.01. The SMILES string of the molecule is Clc1ccccc1.c1cnoc1. The Balaban J connectivity index is 0.000000127. The van der Waals surface area contributed by atoms with E-state index in [4.69, 9.17) is 11.6 Å². The molecule has 3 heteroatoms. The van der Waals surface area contributed by atoms with E-state index in [1.54, 1.807) is 12.3 Å². The molecule has 1 heterocycles. The minimum absolute atomic E-state index is 0.794. The molecule has 12 heavy (non-hydrogen) atoms. The van der Waals surface area contributed by atoms with Crippen molar-refractivity contribution in [3.63, 3.8) is 0 Å². The van der Waals surface area contributed by atoms with E-state index in [2.05, 4.69) is 9.68 Å². The van der Waals surface area contributed by atoms with Crippen molar-refractivity contribution >= 4 is 11.6 Å². The first-order valence-electron chi connectivity index (χ1n) is 3.44. The Morgan fingerprint density at radius 3 is 2.08 bits per heavy atom. The molecule has 2 rings (SSSR count). The topological polar surface area (TPSA) is 26.0 Å². The molecule has 2 aromatic rings. The van der Waals surface area contributed by atoms with Gasteiger partial charge in [-0.3, -0.25) is 0 Å². The Bertz CT molecular complexity index is 263. The van der Waals surface area contributed by atoms with Crippen LogP contribution in [0.15, 0.2) is 53.4 Å². The average Bonchev–Trinajstić information content (AvgIpc) is 2.62. The fourth-order valence-electron chi connectivity index (χ4n) is 0.590. The van der Waals surface area contributed by atoms with E-state index in [-0.39, 0.29) is 0 Å². The summed E-state index contributed by atoms with van der Waals surface area (Å²) in [6.45, 7) is 0. The number of hydrogen-bond donors (Lipinski definition) is 0. The summed E-state index contributed by atoms with van der Waals surface area (Å²) in [6.07, 6.45) is 3.10. The van der Waals surface area contributed by atoms with Crippen molar-refractivity contribution in [3.05, 3.63) is 53.9 Å². The van der Waals surface area contributed by atoms with Crippen LogP contribution >= 0.6 is 11.6 Å². The quantitative estimate of drug-likeness (QED) is 0.625. The Morgan fingerprint density at radius 2 is 1.83 bits per heavy atom. The summed E-state index contributed by atoms with van der Waals surface area (Å²) in [7, 11) is 0. The molecule has 0 aliphatic rings. The summed E-state index contributed by atoms with van der Waals surface area (Å²) in [6, 6.07) is 11.2. The third-order valence-electron chi connectivity index (χ3n) is 1.08. The fourth-order valence-corrected chi connectivity index (χ4v) is 0.736. The lowest BCUT2D eigenvalue weighted by Crippen LogP contribution is -1.55. The first-order valence-corrected chi connectivity index (χ1v) is 3.82. The highest BCUT2D eigenvalue weighted by Gasteiger charge is 1.74. The normalized spacial score (nSPS) is 8.42. The van der Waals surface area contributed by atoms with E-state index in [0.29, 0.717) is 0 Å². The molecule has 1 aromatic heterocycles. The molecule has 1 aromatic carbocycles. The summed E-state index contributed by atoms with van der Waals surface area (Å²) < 4.78 is 4.33. The van der Waals surface area contributed by atoms with E-state index in [9.17, 15) is 0 Å². The van der Waals surface area contributed by atoms with Crippen LogP contribution in [0.3, 0.4) is 0 Å². The van der Waals surface area contributed by atoms with Gasteiger partial charge in [0.2, 0.25) is 0 Å². The van der Waals surface area contributed by atoms with Crippen molar-refractivity contribution < 1.29 is 4.52 Å². The van der Waals surface area contributed by atoms with Crippen LogP contribution in [-0.2, 0) is 0 Å². The van der Waals surface area contributed by atoms with Crippen molar-refractivity contribution in [1.29, 1.82) is 0 Å². The first kappa shape index (κ1) is 8.81. The largest absolute Gasteiger partial charge is 0.365 e. The Morgan fingerprint density at radius 1 is 1.08 bits per heavy atom. The number of hydrogen-bond acceptors (Lipinski definition) is 2. The van der Waals surface area contributed by atoms with Gasteiger partial charge >= 0.3 is 0 Å². The van der Waals surface area contributed by atoms with Gasteiger partial charge in [-0.2, -0.15) is 0 Å². The predicted molar refractivity (Wildman–Crippen MR) is 48.0 cm³/mol. The van der Waals surface area contributed by atoms with Crippen molar-refractivity contribution in [2.75, 3.05) is 0 Å². The van der Waals surface area contributed by atoms with Gasteiger partial charge in [0.25, 0.3) is 0 Å². The number of aromatic nitrogens is 1. The average molecular weight is 182 g/mol. The van der Waals surface area contributed by atoms with E-state index in [0.717, 1.165) is 5.02 Å². The van der Waals surface area contributed by atoms with Crippen LogP contribution < -0.4 is 0 Å². The fraction of sp³-hybridized carbons (Fsp3) is 0. The molecule has 0 amide bonds. The molecule has 0 radical (unpaired) electrons. The zero-order valence-corrected chi connectivity index (χ0v) is 7.11. The molecule has 0 atom stereocenters. The summed E-state index contributed by atoms with van der Waals surface area (Å²) >= 11 is 5.54. The molecular weight excluding hydrogens is 174 g/mol. The van der Waals surface area contributed by atoms with Gasteiger partial charge in [0.1, 0.15) is 6.26 Å². The monoisotopic (exact) mass is 181 g/mol. The van der Waals surface area contributed by atoms with Crippen LogP contribution in [0.25, 0.3) is 0 Å². The highest BCUT2D eigenvalue weighted by Crippen LogP contribution is 2.03. The van der Waals surface area contributed by atoms with E-state index in [1.165, 1.54) is 6.26 Å². The van der Waals surface area contributed by atoms with Gasteiger partial charge in [0.15, 0.2) is 0 Å². The van der Waals surface area contributed by atoms with Crippen LogP contribution in [0.1, 0.15) is 0 Å². The zero-order chi connectivity index (χ0) is 8.65. The van der Waals surface area contributed by atoms with Gasteiger partial charge in [-0.25, -0.2) is 0 Å². The van der Waals surface area contributed by atoms with Crippen LogP contribution in [-0.4, -0.2) is 5.16 Å². The van der Waals surface area contributed by atoms with Crippen LogP contribution in [0, 0.1) is 0 Å². The van der Waals surface area contributed by atoms with Gasteiger partial charge in [-0.1, -0.05) is 35.0 Å². The second-order valence-electron chi connectivity index (χ2n) is 1.98. The van der Waals surface area contributed by atoms with Gasteiger partial charge in [-0.15, -0.1) is 0 Å². The molecule has 0 N–H and O–H groups in total. The molecule has 0 aliphatic heterocycles. The Kier molecular flexibility index (Phi) is 3.95. The van der Waals surface area contributed by atoms with Crippen LogP contribution in [0.5, 0.6) is 0 Å². The molecule has 0 aliphatic carbocycles. The number of rotatable bonds is 0. The highest BCUT2D eigenvalue weighted by atomic mass is 35.5. The summed E-state index contributed by atoms with van der Waals surface area (Å²) in [5, 5.41) is 4.14. The van der Waals surface area contributed by atoms with Crippen molar-refractivity contribution in [3.8, 4) is 0 Å². The van der Waals surface area contributed by atoms with Crippen molar-refractivity contribution in [1.82, 2.24) is 5.16 Å². The lowest BCUT2D eigenvalue weighted by atomic mass is 10.4. The number of nitrogens with zero attached hydrogens (tertiary/aromatic N) is 1. The maximum absolute atomic E-state index is 5.54. The highest BCUT2D eigenvalue weighted by molar-refractivity contribution is 6.30. The van der Waals surface area contributed by atoms with Crippen LogP contribution in [0.4, 0.5) is 0 Å². The van der Waals surface area contributed by atoms with E-state index < -0.39 is 0 Å². The third kappa shape index (κ3) is 3.78. The molecule has 0 saturated heterocycles. The van der Waals surface area contributed by atoms with E-state index in [1.807, 2.05) is 30.3 Å². The molecule has 0 spiro atoms. The molecule has 0 saturated carbocycles. The van der Waals surface area contributed by atoms with Crippen LogP contribution in [0.2, 0.25) is 5.02 Å². The van der Waals surface area contributed by atoms with Gasteiger partial charge < -0.3 is 4.52 Å². The maximum atomic E-state index is 5.54. The molecule has 2 nitrogen and oxygen atoms in total. The van der Waals surface area contributed by atoms with Gasteiger partial charge in [0.05, 0.1) is 6.20 Å². The summed E-state index contributed by atoms with van der Waals surface area (Å²) in [5.41, 5.74) is 0. The Hall–Kier alpha value is -1.28. The molecule has 0 unspecified atom stereocenters. The number of benzene rings is 1.